The second kappa shape index (κ2) is 10.8. The highest BCUT2D eigenvalue weighted by Gasteiger charge is 2.11. The van der Waals surface area contributed by atoms with E-state index in [0.29, 0.717) is 16.5 Å². The van der Waals surface area contributed by atoms with E-state index >= 15 is 0 Å². The predicted octanol–water partition coefficient (Wildman–Crippen LogP) is 4.02. The van der Waals surface area contributed by atoms with E-state index in [1.807, 2.05) is 6.92 Å². The van der Waals surface area contributed by atoms with Crippen molar-refractivity contribution in [3.63, 3.8) is 0 Å². The number of guanidine groups is 1. The van der Waals surface area contributed by atoms with Crippen molar-refractivity contribution in [2.24, 2.45) is 4.99 Å². The minimum Gasteiger partial charge on any atom is -0.434 e. The fourth-order valence-electron chi connectivity index (χ4n) is 1.61. The van der Waals surface area contributed by atoms with Crippen molar-refractivity contribution >= 4 is 41.5 Å². The van der Waals surface area contributed by atoms with Gasteiger partial charge in [-0.3, -0.25) is 4.99 Å². The first-order chi connectivity index (χ1) is 9.96. The molecule has 0 aliphatic carbocycles. The van der Waals surface area contributed by atoms with E-state index in [1.165, 1.54) is 12.1 Å². The summed E-state index contributed by atoms with van der Waals surface area (Å²) in [6.45, 7) is 1.48. The topological polar surface area (TPSA) is 45.7 Å². The summed E-state index contributed by atoms with van der Waals surface area (Å²) < 4.78 is 29.2. The molecule has 0 aromatic heterocycles. The summed E-state index contributed by atoms with van der Waals surface area (Å²) >= 11 is 5.89. The van der Waals surface area contributed by atoms with E-state index in [1.54, 1.807) is 13.1 Å². The molecule has 1 rings (SSSR count). The number of aliphatic imine (C=N–C) groups is 1. The first-order valence-corrected chi connectivity index (χ1v) is 7.04. The van der Waals surface area contributed by atoms with Gasteiger partial charge in [-0.2, -0.15) is 8.78 Å². The molecule has 0 aliphatic rings. The lowest BCUT2D eigenvalue weighted by Crippen LogP contribution is -2.41. The summed E-state index contributed by atoms with van der Waals surface area (Å²) in [5, 5.41) is 6.68. The lowest BCUT2D eigenvalue weighted by Gasteiger charge is -2.17. The summed E-state index contributed by atoms with van der Waals surface area (Å²) in [6, 6.07) is 4.78. The first-order valence-electron chi connectivity index (χ1n) is 6.66. The molecule has 0 saturated heterocycles. The zero-order chi connectivity index (χ0) is 15.8. The maximum atomic E-state index is 12.4. The molecule has 22 heavy (non-hydrogen) atoms. The summed E-state index contributed by atoms with van der Waals surface area (Å²) in [6.07, 6.45) is 0.942. The molecule has 0 aliphatic heterocycles. The highest BCUT2D eigenvalue weighted by Crippen LogP contribution is 2.24. The van der Waals surface area contributed by atoms with Crippen LogP contribution in [0.1, 0.15) is 25.8 Å². The lowest BCUT2D eigenvalue weighted by atomic mass is 10.2. The van der Waals surface area contributed by atoms with Crippen LogP contribution in [-0.2, 0) is 6.54 Å². The number of rotatable bonds is 6. The number of alkyl halides is 2. The molecule has 0 amide bonds. The zero-order valence-corrected chi connectivity index (χ0v) is 15.8. The molecular formula is C14H21ClF2IN3O. The van der Waals surface area contributed by atoms with Crippen molar-refractivity contribution in [2.45, 2.75) is 39.5 Å². The minimum absolute atomic E-state index is 0. The quantitative estimate of drug-likeness (QED) is 0.393. The summed E-state index contributed by atoms with van der Waals surface area (Å²) in [4.78, 5) is 4.08. The van der Waals surface area contributed by atoms with Crippen molar-refractivity contribution in [2.75, 3.05) is 7.05 Å². The van der Waals surface area contributed by atoms with Gasteiger partial charge in [-0.25, -0.2) is 0 Å². The number of benzene rings is 1. The standard InChI is InChI=1S/C14H20ClF2N3O.HI/c1-4-9(2)20-14(18-3)19-8-10-7-11(15)5-6-12(10)21-13(16)17;/h5-7,9,13H,4,8H2,1-3H3,(H2,18,19,20);1H. The minimum atomic E-state index is -2.87. The van der Waals surface area contributed by atoms with Crippen molar-refractivity contribution in [3.05, 3.63) is 28.8 Å². The second-order valence-corrected chi connectivity index (χ2v) is 4.95. The van der Waals surface area contributed by atoms with Gasteiger partial charge < -0.3 is 15.4 Å². The molecule has 126 valence electrons. The van der Waals surface area contributed by atoms with Gasteiger partial charge >= 0.3 is 6.61 Å². The van der Waals surface area contributed by atoms with Crippen LogP contribution < -0.4 is 15.4 Å². The maximum absolute atomic E-state index is 12.4. The molecular weight excluding hydrogens is 427 g/mol. The molecule has 0 bridgehead atoms. The SMILES string of the molecule is CCC(C)NC(=NC)NCc1cc(Cl)ccc1OC(F)F.I. The Bertz CT molecular complexity index is 489. The molecule has 0 radical (unpaired) electrons. The highest BCUT2D eigenvalue weighted by atomic mass is 127. The first kappa shape index (κ1) is 21.2. The van der Waals surface area contributed by atoms with Gasteiger partial charge in [0.2, 0.25) is 0 Å². The van der Waals surface area contributed by atoms with Gasteiger partial charge in [-0.15, -0.1) is 24.0 Å². The number of hydrogen-bond donors (Lipinski definition) is 2. The van der Waals surface area contributed by atoms with Crippen LogP contribution in [0.4, 0.5) is 8.78 Å². The van der Waals surface area contributed by atoms with Crippen LogP contribution in [0.15, 0.2) is 23.2 Å². The summed E-state index contributed by atoms with van der Waals surface area (Å²) in [5.74, 6) is 0.688. The van der Waals surface area contributed by atoms with E-state index < -0.39 is 6.61 Å². The van der Waals surface area contributed by atoms with E-state index in [9.17, 15) is 8.78 Å². The van der Waals surface area contributed by atoms with Crippen molar-refractivity contribution in [1.29, 1.82) is 0 Å². The third-order valence-corrected chi connectivity index (χ3v) is 3.14. The van der Waals surface area contributed by atoms with E-state index in [2.05, 4.69) is 27.3 Å². The Labute approximate surface area is 151 Å². The third-order valence-electron chi connectivity index (χ3n) is 2.90. The Balaban J connectivity index is 0.00000441. The Morgan fingerprint density at radius 1 is 1.41 bits per heavy atom. The average molecular weight is 448 g/mol. The number of ether oxygens (including phenoxy) is 1. The maximum Gasteiger partial charge on any atom is 0.387 e. The van der Waals surface area contributed by atoms with Crippen LogP contribution in [0, 0.1) is 0 Å². The molecule has 1 unspecified atom stereocenters. The van der Waals surface area contributed by atoms with Crippen LogP contribution in [0.5, 0.6) is 5.75 Å². The number of nitrogens with zero attached hydrogens (tertiary/aromatic N) is 1. The molecule has 4 nitrogen and oxygen atoms in total. The lowest BCUT2D eigenvalue weighted by molar-refractivity contribution is -0.0504. The zero-order valence-electron chi connectivity index (χ0n) is 12.7. The summed E-state index contributed by atoms with van der Waals surface area (Å²) in [5.41, 5.74) is 0.537. The van der Waals surface area contributed by atoms with Gasteiger partial charge in [-0.1, -0.05) is 18.5 Å². The molecule has 1 atom stereocenters. The van der Waals surface area contributed by atoms with E-state index in [4.69, 9.17) is 11.6 Å². The normalized spacial score (nSPS) is 12.6. The van der Waals surface area contributed by atoms with Crippen LogP contribution in [0.2, 0.25) is 5.02 Å². The van der Waals surface area contributed by atoms with Crippen LogP contribution in [-0.4, -0.2) is 25.7 Å². The molecule has 0 heterocycles. The van der Waals surface area contributed by atoms with Gasteiger partial charge in [0.05, 0.1) is 0 Å². The molecule has 1 aromatic carbocycles. The van der Waals surface area contributed by atoms with Gasteiger partial charge in [0.15, 0.2) is 5.96 Å². The van der Waals surface area contributed by atoms with Gasteiger partial charge in [0.1, 0.15) is 5.75 Å². The number of hydrogen-bond acceptors (Lipinski definition) is 2. The molecule has 2 N–H and O–H groups in total. The van der Waals surface area contributed by atoms with Crippen LogP contribution >= 0.6 is 35.6 Å². The molecule has 0 fully saturated rings. The Morgan fingerprint density at radius 2 is 2.09 bits per heavy atom. The molecule has 0 saturated carbocycles. The van der Waals surface area contributed by atoms with Gasteiger partial charge in [0.25, 0.3) is 0 Å². The van der Waals surface area contributed by atoms with Gasteiger partial charge in [0, 0.05) is 30.2 Å². The smallest absolute Gasteiger partial charge is 0.387 e. The Morgan fingerprint density at radius 3 is 2.64 bits per heavy atom. The van der Waals surface area contributed by atoms with Crippen molar-refractivity contribution in [1.82, 2.24) is 10.6 Å². The molecule has 0 spiro atoms. The molecule has 1 aromatic rings. The third kappa shape index (κ3) is 7.44. The van der Waals surface area contributed by atoms with Gasteiger partial charge in [-0.05, 0) is 31.5 Å². The van der Waals surface area contributed by atoms with Crippen molar-refractivity contribution < 1.29 is 13.5 Å². The Kier molecular flexibility index (Phi) is 10.4. The van der Waals surface area contributed by atoms with Crippen LogP contribution in [0.3, 0.4) is 0 Å². The highest BCUT2D eigenvalue weighted by molar-refractivity contribution is 14.0. The number of halogens is 4. The van der Waals surface area contributed by atoms with Crippen LogP contribution in [0.25, 0.3) is 0 Å². The number of nitrogens with one attached hydrogen (secondary N) is 2. The van der Waals surface area contributed by atoms with Crippen molar-refractivity contribution in [3.8, 4) is 5.75 Å². The fraction of sp³-hybridized carbons (Fsp3) is 0.500. The van der Waals surface area contributed by atoms with E-state index in [0.717, 1.165) is 6.42 Å². The average Bonchev–Trinajstić information content (AvgIpc) is 2.45. The summed E-state index contributed by atoms with van der Waals surface area (Å²) in [7, 11) is 1.65. The molecule has 8 heteroatoms. The van der Waals surface area contributed by atoms with E-state index in [-0.39, 0.29) is 42.3 Å². The second-order valence-electron chi connectivity index (χ2n) is 4.51. The fourth-order valence-corrected chi connectivity index (χ4v) is 1.80. The predicted molar refractivity (Wildman–Crippen MR) is 96.6 cm³/mol. The largest absolute Gasteiger partial charge is 0.434 e. The monoisotopic (exact) mass is 447 g/mol. The Hall–Kier alpha value is -0.830.